The van der Waals surface area contributed by atoms with E-state index >= 15 is 0 Å². The first-order chi connectivity index (χ1) is 9.15. The first-order valence-corrected chi connectivity index (χ1v) is 7.25. The van der Waals surface area contributed by atoms with E-state index < -0.39 is 6.04 Å². The Balaban J connectivity index is 2.14. The van der Waals surface area contributed by atoms with E-state index in [0.717, 1.165) is 25.7 Å². The number of hydrogen-bond acceptors (Lipinski definition) is 3. The van der Waals surface area contributed by atoms with Crippen LogP contribution in [0.1, 0.15) is 39.0 Å². The van der Waals surface area contributed by atoms with Crippen LogP contribution < -0.4 is 5.32 Å². The first kappa shape index (κ1) is 14.3. The van der Waals surface area contributed by atoms with Gasteiger partial charge < -0.3 is 15.0 Å². The van der Waals surface area contributed by atoms with Crippen LogP contribution in [0.2, 0.25) is 0 Å². The molecule has 2 amide bonds. The van der Waals surface area contributed by atoms with Gasteiger partial charge in [-0.05, 0) is 25.7 Å². The van der Waals surface area contributed by atoms with Crippen LogP contribution in [0.25, 0.3) is 0 Å². The monoisotopic (exact) mass is 268 g/mol. The molecule has 2 unspecified atom stereocenters. The molecule has 5 heteroatoms. The summed E-state index contributed by atoms with van der Waals surface area (Å²) in [7, 11) is 1.62. The minimum atomic E-state index is -0.413. The lowest BCUT2D eigenvalue weighted by Gasteiger charge is -2.42. The highest BCUT2D eigenvalue weighted by Gasteiger charge is 2.42. The van der Waals surface area contributed by atoms with E-state index in [-0.39, 0.29) is 17.9 Å². The number of ether oxygens (including phenoxy) is 1. The van der Waals surface area contributed by atoms with E-state index in [2.05, 4.69) is 5.32 Å². The van der Waals surface area contributed by atoms with Crippen molar-refractivity contribution in [2.75, 3.05) is 20.3 Å². The highest BCUT2D eigenvalue weighted by Crippen LogP contribution is 2.30. The standard InChI is InChI=1S/C14H24N2O3/c1-10-14(18)16(8-9-19-2)12(13(17)15-10)11-6-4-3-5-7-11/h10-12H,3-9H2,1-2H3,(H,15,17). The van der Waals surface area contributed by atoms with Gasteiger partial charge in [0.2, 0.25) is 11.8 Å². The number of nitrogens with zero attached hydrogens (tertiary/aromatic N) is 1. The zero-order valence-electron chi connectivity index (χ0n) is 11.9. The maximum atomic E-state index is 12.3. The molecule has 2 aliphatic rings. The molecule has 1 aliphatic carbocycles. The molecule has 108 valence electrons. The Kier molecular flexibility index (Phi) is 4.80. The fourth-order valence-electron chi connectivity index (χ4n) is 3.25. The highest BCUT2D eigenvalue weighted by molar-refractivity contribution is 5.96. The average molecular weight is 268 g/mol. The van der Waals surface area contributed by atoms with Gasteiger partial charge in [-0.2, -0.15) is 0 Å². The summed E-state index contributed by atoms with van der Waals surface area (Å²) in [5.41, 5.74) is 0. The van der Waals surface area contributed by atoms with Gasteiger partial charge in [-0.1, -0.05) is 19.3 Å². The third-order valence-corrected chi connectivity index (χ3v) is 4.25. The van der Waals surface area contributed by atoms with Crippen molar-refractivity contribution in [2.45, 2.75) is 51.1 Å². The lowest BCUT2D eigenvalue weighted by atomic mass is 9.81. The van der Waals surface area contributed by atoms with Crippen LogP contribution >= 0.6 is 0 Å². The molecule has 2 atom stereocenters. The van der Waals surface area contributed by atoms with Gasteiger partial charge >= 0.3 is 0 Å². The zero-order valence-corrected chi connectivity index (χ0v) is 11.9. The summed E-state index contributed by atoms with van der Waals surface area (Å²) in [6.07, 6.45) is 5.66. The summed E-state index contributed by atoms with van der Waals surface area (Å²) >= 11 is 0. The van der Waals surface area contributed by atoms with E-state index in [0.29, 0.717) is 19.1 Å². The molecular formula is C14H24N2O3. The van der Waals surface area contributed by atoms with Crippen LogP contribution in [-0.4, -0.2) is 49.1 Å². The van der Waals surface area contributed by atoms with Crippen molar-refractivity contribution < 1.29 is 14.3 Å². The van der Waals surface area contributed by atoms with Crippen LogP contribution in [0.3, 0.4) is 0 Å². The van der Waals surface area contributed by atoms with E-state index in [4.69, 9.17) is 4.74 Å². The van der Waals surface area contributed by atoms with E-state index in [1.165, 1.54) is 6.42 Å². The van der Waals surface area contributed by atoms with Gasteiger partial charge in [0.05, 0.1) is 6.61 Å². The number of carbonyl (C=O) groups excluding carboxylic acids is 2. The Bertz CT molecular complexity index is 340. The summed E-state index contributed by atoms with van der Waals surface area (Å²) in [5, 5.41) is 2.81. The molecule has 5 nitrogen and oxygen atoms in total. The van der Waals surface area contributed by atoms with Crippen molar-refractivity contribution in [3.05, 3.63) is 0 Å². The lowest BCUT2D eigenvalue weighted by molar-refractivity contribution is -0.152. The first-order valence-electron chi connectivity index (χ1n) is 7.25. The van der Waals surface area contributed by atoms with Crippen LogP contribution in [0.5, 0.6) is 0 Å². The summed E-state index contributed by atoms with van der Waals surface area (Å²) in [5.74, 6) is 0.337. The van der Waals surface area contributed by atoms with Gasteiger partial charge in [-0.25, -0.2) is 0 Å². The Labute approximate surface area is 114 Å². The number of carbonyl (C=O) groups is 2. The van der Waals surface area contributed by atoms with Gasteiger partial charge in [0.15, 0.2) is 0 Å². The lowest BCUT2D eigenvalue weighted by Crippen LogP contribution is -2.65. The largest absolute Gasteiger partial charge is 0.383 e. The Morgan fingerprint density at radius 2 is 1.95 bits per heavy atom. The normalized spacial score (nSPS) is 29.5. The van der Waals surface area contributed by atoms with Crippen molar-refractivity contribution in [3.8, 4) is 0 Å². The fraction of sp³-hybridized carbons (Fsp3) is 0.857. The molecule has 0 aromatic carbocycles. The molecule has 0 spiro atoms. The molecule has 1 saturated carbocycles. The minimum absolute atomic E-state index is 0.00935. The summed E-state index contributed by atoms with van der Waals surface area (Å²) < 4.78 is 5.07. The van der Waals surface area contributed by atoms with Crippen molar-refractivity contribution in [3.63, 3.8) is 0 Å². The quantitative estimate of drug-likeness (QED) is 0.825. The Hall–Kier alpha value is -1.10. The second-order valence-corrected chi connectivity index (χ2v) is 5.60. The molecule has 1 N–H and O–H groups in total. The Morgan fingerprint density at radius 1 is 1.26 bits per heavy atom. The fourth-order valence-corrected chi connectivity index (χ4v) is 3.25. The van der Waals surface area contributed by atoms with E-state index in [1.807, 2.05) is 0 Å². The maximum Gasteiger partial charge on any atom is 0.245 e. The molecule has 2 rings (SSSR count). The SMILES string of the molecule is COCCN1C(=O)C(C)NC(=O)C1C1CCCCC1. The summed E-state index contributed by atoms with van der Waals surface area (Å²) in [6.45, 7) is 2.74. The van der Waals surface area contributed by atoms with E-state index in [1.54, 1.807) is 18.9 Å². The smallest absolute Gasteiger partial charge is 0.245 e. The number of piperazine rings is 1. The maximum absolute atomic E-state index is 12.3. The van der Waals surface area contributed by atoms with Crippen LogP contribution in [0, 0.1) is 5.92 Å². The topological polar surface area (TPSA) is 58.6 Å². The summed E-state index contributed by atoms with van der Waals surface area (Å²) in [4.78, 5) is 26.3. The molecular weight excluding hydrogens is 244 g/mol. The van der Waals surface area contributed by atoms with Crippen molar-refractivity contribution in [2.24, 2.45) is 5.92 Å². The molecule has 1 saturated heterocycles. The molecule has 0 aromatic heterocycles. The van der Waals surface area contributed by atoms with Gasteiger partial charge in [0, 0.05) is 13.7 Å². The second-order valence-electron chi connectivity index (χ2n) is 5.60. The van der Waals surface area contributed by atoms with E-state index in [9.17, 15) is 9.59 Å². The minimum Gasteiger partial charge on any atom is -0.383 e. The number of nitrogens with one attached hydrogen (secondary N) is 1. The molecule has 2 fully saturated rings. The van der Waals surface area contributed by atoms with Gasteiger partial charge in [0.1, 0.15) is 12.1 Å². The predicted molar refractivity (Wildman–Crippen MR) is 71.6 cm³/mol. The number of hydrogen-bond donors (Lipinski definition) is 1. The molecule has 1 aliphatic heterocycles. The van der Waals surface area contributed by atoms with Crippen LogP contribution in [0.4, 0.5) is 0 Å². The molecule has 0 radical (unpaired) electrons. The van der Waals surface area contributed by atoms with Crippen LogP contribution in [-0.2, 0) is 14.3 Å². The molecule has 1 heterocycles. The number of rotatable bonds is 4. The molecule has 0 aromatic rings. The number of methoxy groups -OCH3 is 1. The van der Waals surface area contributed by atoms with Gasteiger partial charge in [-0.15, -0.1) is 0 Å². The van der Waals surface area contributed by atoms with Gasteiger partial charge in [0.25, 0.3) is 0 Å². The van der Waals surface area contributed by atoms with Crippen molar-refractivity contribution in [1.82, 2.24) is 10.2 Å². The number of amides is 2. The highest BCUT2D eigenvalue weighted by atomic mass is 16.5. The third-order valence-electron chi connectivity index (χ3n) is 4.25. The molecule has 19 heavy (non-hydrogen) atoms. The average Bonchev–Trinajstić information content (AvgIpc) is 2.42. The third kappa shape index (κ3) is 3.08. The summed E-state index contributed by atoms with van der Waals surface area (Å²) in [6, 6.07) is -0.705. The zero-order chi connectivity index (χ0) is 13.8. The second kappa shape index (κ2) is 6.37. The van der Waals surface area contributed by atoms with Crippen molar-refractivity contribution >= 4 is 11.8 Å². The molecule has 0 bridgehead atoms. The predicted octanol–water partition coefficient (Wildman–Crippen LogP) is 0.929. The van der Waals surface area contributed by atoms with Gasteiger partial charge in [-0.3, -0.25) is 9.59 Å². The Morgan fingerprint density at radius 3 is 2.58 bits per heavy atom. The van der Waals surface area contributed by atoms with Crippen molar-refractivity contribution in [1.29, 1.82) is 0 Å². The van der Waals surface area contributed by atoms with Crippen LogP contribution in [0.15, 0.2) is 0 Å².